The second kappa shape index (κ2) is 7.57. The van der Waals surface area contributed by atoms with Crippen LogP contribution in [-0.4, -0.2) is 32.4 Å². The quantitative estimate of drug-likeness (QED) is 0.871. The lowest BCUT2D eigenvalue weighted by Gasteiger charge is -2.31. The smallest absolute Gasteiger partial charge is 0.243 e. The van der Waals surface area contributed by atoms with Gasteiger partial charge in [0.2, 0.25) is 10.0 Å². The fourth-order valence-electron chi connectivity index (χ4n) is 2.91. The molecule has 1 N–H and O–H groups in total. The Morgan fingerprint density at radius 1 is 1.13 bits per heavy atom. The first-order valence-electron chi connectivity index (χ1n) is 7.93. The maximum atomic E-state index is 12.6. The number of hydrogen-bond acceptors (Lipinski definition) is 4. The zero-order chi connectivity index (χ0) is 16.1. The van der Waals surface area contributed by atoms with Gasteiger partial charge in [-0.1, -0.05) is 18.2 Å². The maximum Gasteiger partial charge on any atom is 0.243 e. The molecule has 1 aliphatic heterocycles. The van der Waals surface area contributed by atoms with Crippen LogP contribution >= 0.6 is 11.3 Å². The van der Waals surface area contributed by atoms with Gasteiger partial charge in [0.05, 0.1) is 4.90 Å². The van der Waals surface area contributed by atoms with Crippen LogP contribution in [0.15, 0.2) is 52.1 Å². The first kappa shape index (κ1) is 16.6. The van der Waals surface area contributed by atoms with Gasteiger partial charge in [-0.25, -0.2) is 8.42 Å². The average molecular weight is 351 g/mol. The van der Waals surface area contributed by atoms with Crippen LogP contribution in [-0.2, 0) is 16.6 Å². The summed E-state index contributed by atoms with van der Waals surface area (Å²) in [4.78, 5) is 0.397. The van der Waals surface area contributed by atoms with Crippen LogP contribution in [0.2, 0.25) is 0 Å². The second-order valence-electron chi connectivity index (χ2n) is 5.92. The van der Waals surface area contributed by atoms with Crippen molar-refractivity contribution in [3.05, 3.63) is 52.7 Å². The van der Waals surface area contributed by atoms with E-state index >= 15 is 0 Å². The Hall–Kier alpha value is -1.21. The molecule has 23 heavy (non-hydrogen) atoms. The summed E-state index contributed by atoms with van der Waals surface area (Å²) >= 11 is 1.71. The van der Waals surface area contributed by atoms with Gasteiger partial charge in [-0.05, 0) is 59.8 Å². The standard InChI is InChI=1S/C17H22N2O2S2/c20-23(21,17-4-2-1-3-5-17)19-9-6-15(7-10-19)12-18-13-16-8-11-22-14-16/h1-5,8,11,14-15,18H,6-7,9-10,12-13H2. The van der Waals surface area contributed by atoms with Crippen molar-refractivity contribution in [3.8, 4) is 0 Å². The molecule has 0 aliphatic carbocycles. The lowest BCUT2D eigenvalue weighted by molar-refractivity contribution is 0.267. The van der Waals surface area contributed by atoms with Gasteiger partial charge < -0.3 is 5.32 Å². The molecule has 124 valence electrons. The molecule has 0 amide bonds. The number of thiophene rings is 1. The minimum Gasteiger partial charge on any atom is -0.312 e. The molecule has 1 fully saturated rings. The van der Waals surface area contributed by atoms with E-state index < -0.39 is 10.0 Å². The van der Waals surface area contributed by atoms with Gasteiger partial charge >= 0.3 is 0 Å². The number of hydrogen-bond donors (Lipinski definition) is 1. The average Bonchev–Trinajstić information content (AvgIpc) is 3.10. The number of benzene rings is 1. The molecule has 3 rings (SSSR count). The minimum absolute atomic E-state index is 0.397. The molecule has 6 heteroatoms. The van der Waals surface area contributed by atoms with Gasteiger partial charge in [0, 0.05) is 19.6 Å². The summed E-state index contributed by atoms with van der Waals surface area (Å²) in [5.41, 5.74) is 1.32. The molecule has 0 saturated carbocycles. The Labute approximate surface area is 142 Å². The number of sulfonamides is 1. The molecule has 4 nitrogen and oxygen atoms in total. The molecule has 2 aromatic rings. The molecule has 0 bridgehead atoms. The molecule has 1 aromatic heterocycles. The number of rotatable bonds is 6. The van der Waals surface area contributed by atoms with Crippen LogP contribution in [0.4, 0.5) is 0 Å². The van der Waals surface area contributed by atoms with E-state index in [0.29, 0.717) is 23.9 Å². The van der Waals surface area contributed by atoms with Crippen molar-refractivity contribution >= 4 is 21.4 Å². The topological polar surface area (TPSA) is 49.4 Å². The van der Waals surface area contributed by atoms with Crippen LogP contribution in [0.1, 0.15) is 18.4 Å². The van der Waals surface area contributed by atoms with E-state index in [2.05, 4.69) is 22.1 Å². The zero-order valence-corrected chi connectivity index (χ0v) is 14.7. The molecule has 1 aliphatic rings. The first-order chi connectivity index (χ1) is 11.2. The normalized spacial score (nSPS) is 17.4. The molecule has 0 unspecified atom stereocenters. The summed E-state index contributed by atoms with van der Waals surface area (Å²) in [6.45, 7) is 3.07. The van der Waals surface area contributed by atoms with E-state index in [1.807, 2.05) is 6.07 Å². The number of piperidine rings is 1. The number of nitrogens with zero attached hydrogens (tertiary/aromatic N) is 1. The summed E-state index contributed by atoms with van der Waals surface area (Å²) in [6.07, 6.45) is 1.84. The molecule has 0 radical (unpaired) electrons. The molecule has 0 atom stereocenters. The maximum absolute atomic E-state index is 12.6. The third-order valence-electron chi connectivity index (χ3n) is 4.30. The van der Waals surface area contributed by atoms with Crippen LogP contribution < -0.4 is 5.32 Å². The first-order valence-corrected chi connectivity index (χ1v) is 10.3. The monoisotopic (exact) mass is 350 g/mol. The second-order valence-corrected chi connectivity index (χ2v) is 8.64. The summed E-state index contributed by atoms with van der Waals surface area (Å²) < 4.78 is 26.8. The fraction of sp³-hybridized carbons (Fsp3) is 0.412. The predicted octanol–water partition coefficient (Wildman–Crippen LogP) is 2.94. The highest BCUT2D eigenvalue weighted by Gasteiger charge is 2.28. The molecule has 0 spiro atoms. The molecule has 2 heterocycles. The van der Waals surface area contributed by atoms with Gasteiger partial charge in [0.1, 0.15) is 0 Å². The van der Waals surface area contributed by atoms with Crippen LogP contribution in [0.5, 0.6) is 0 Å². The van der Waals surface area contributed by atoms with Gasteiger partial charge in [-0.3, -0.25) is 0 Å². The highest BCUT2D eigenvalue weighted by Crippen LogP contribution is 2.23. The molecule has 1 saturated heterocycles. The molecular formula is C17H22N2O2S2. The Bertz CT molecular complexity index is 691. The summed E-state index contributed by atoms with van der Waals surface area (Å²) in [7, 11) is -3.33. The van der Waals surface area contributed by atoms with E-state index in [-0.39, 0.29) is 0 Å². The highest BCUT2D eigenvalue weighted by atomic mass is 32.2. The Kier molecular flexibility index (Phi) is 5.48. The zero-order valence-electron chi connectivity index (χ0n) is 13.0. The third kappa shape index (κ3) is 4.20. The van der Waals surface area contributed by atoms with Crippen LogP contribution in [0, 0.1) is 5.92 Å². The Morgan fingerprint density at radius 3 is 2.52 bits per heavy atom. The van der Waals surface area contributed by atoms with Crippen molar-refractivity contribution in [3.63, 3.8) is 0 Å². The molecular weight excluding hydrogens is 328 g/mol. The van der Waals surface area contributed by atoms with E-state index in [4.69, 9.17) is 0 Å². The van der Waals surface area contributed by atoms with Gasteiger partial charge in [0.15, 0.2) is 0 Å². The summed E-state index contributed by atoms with van der Waals surface area (Å²) in [5, 5.41) is 7.72. The largest absolute Gasteiger partial charge is 0.312 e. The lowest BCUT2D eigenvalue weighted by atomic mass is 9.98. The van der Waals surface area contributed by atoms with Crippen molar-refractivity contribution in [1.29, 1.82) is 0 Å². The Balaban J connectivity index is 1.48. The minimum atomic E-state index is -3.33. The predicted molar refractivity (Wildman–Crippen MR) is 94.0 cm³/mol. The van der Waals surface area contributed by atoms with Crippen molar-refractivity contribution in [2.24, 2.45) is 5.92 Å². The van der Waals surface area contributed by atoms with Crippen molar-refractivity contribution in [2.75, 3.05) is 19.6 Å². The van der Waals surface area contributed by atoms with Crippen LogP contribution in [0.3, 0.4) is 0 Å². The SMILES string of the molecule is O=S(=O)(c1ccccc1)N1CCC(CNCc2ccsc2)CC1. The van der Waals surface area contributed by atoms with Gasteiger partial charge in [-0.2, -0.15) is 15.6 Å². The van der Waals surface area contributed by atoms with Gasteiger partial charge in [0.25, 0.3) is 0 Å². The third-order valence-corrected chi connectivity index (χ3v) is 6.94. The van der Waals surface area contributed by atoms with Crippen LogP contribution in [0.25, 0.3) is 0 Å². The Morgan fingerprint density at radius 2 is 1.87 bits per heavy atom. The lowest BCUT2D eigenvalue weighted by Crippen LogP contribution is -2.40. The number of nitrogens with one attached hydrogen (secondary N) is 1. The van der Waals surface area contributed by atoms with Gasteiger partial charge in [-0.15, -0.1) is 0 Å². The fourth-order valence-corrected chi connectivity index (χ4v) is 5.07. The molecule has 1 aromatic carbocycles. The van der Waals surface area contributed by atoms with E-state index in [0.717, 1.165) is 25.9 Å². The van der Waals surface area contributed by atoms with Crippen molar-refractivity contribution in [1.82, 2.24) is 9.62 Å². The van der Waals surface area contributed by atoms with E-state index in [1.165, 1.54) is 5.56 Å². The summed E-state index contributed by atoms with van der Waals surface area (Å²) in [6, 6.07) is 10.9. The summed E-state index contributed by atoms with van der Waals surface area (Å²) in [5.74, 6) is 0.552. The van der Waals surface area contributed by atoms with Crippen molar-refractivity contribution in [2.45, 2.75) is 24.3 Å². The highest BCUT2D eigenvalue weighted by molar-refractivity contribution is 7.89. The van der Waals surface area contributed by atoms with Crippen molar-refractivity contribution < 1.29 is 8.42 Å². The van der Waals surface area contributed by atoms with E-state index in [9.17, 15) is 8.42 Å². The van der Waals surface area contributed by atoms with E-state index in [1.54, 1.807) is 39.9 Å².